The van der Waals surface area contributed by atoms with Crippen molar-refractivity contribution in [2.45, 2.75) is 24.3 Å². The first-order valence-corrected chi connectivity index (χ1v) is 13.4. The number of likely N-dealkylation sites (tertiary alicyclic amines) is 2. The topological polar surface area (TPSA) is 132 Å². The molecule has 2 aliphatic heterocycles. The third kappa shape index (κ3) is 4.44. The molecule has 1 N–H and O–H groups in total. The number of carboxylic acid groups (broad SMARTS) is 1. The Bertz CT molecular complexity index is 1630. The normalized spacial score (nSPS) is 23.7. The summed E-state index contributed by atoms with van der Waals surface area (Å²) in [6.07, 6.45) is 2.49. The van der Waals surface area contributed by atoms with E-state index in [1.165, 1.54) is 22.1 Å². The molecule has 3 heterocycles. The fraction of sp³-hybridized carbons (Fsp3) is 0.267. The number of aromatic nitrogens is 1. The Morgan fingerprint density at radius 2 is 1.73 bits per heavy atom. The summed E-state index contributed by atoms with van der Waals surface area (Å²) in [7, 11) is 1.55. The van der Waals surface area contributed by atoms with Crippen LogP contribution in [0.1, 0.15) is 44.3 Å². The molecule has 2 fully saturated rings. The molecule has 5 rings (SSSR count). The van der Waals surface area contributed by atoms with Crippen LogP contribution < -0.4 is 0 Å². The van der Waals surface area contributed by atoms with Gasteiger partial charge >= 0.3 is 5.97 Å². The van der Waals surface area contributed by atoms with E-state index < -0.39 is 34.7 Å². The number of likely N-dealkylation sites (N-methyl/N-ethyl adjacent to an activating group) is 1. The average molecular weight is 591 g/mol. The molecule has 208 valence electrons. The van der Waals surface area contributed by atoms with Crippen molar-refractivity contribution in [1.29, 1.82) is 5.26 Å². The summed E-state index contributed by atoms with van der Waals surface area (Å²) in [5.41, 5.74) is -1.23. The highest BCUT2D eigenvalue weighted by Gasteiger charge is 2.70. The van der Waals surface area contributed by atoms with Gasteiger partial charge in [-0.1, -0.05) is 42.3 Å². The van der Waals surface area contributed by atoms with E-state index in [9.17, 15) is 29.5 Å². The highest BCUT2D eigenvalue weighted by molar-refractivity contribution is 6.34. The maximum atomic E-state index is 14.5. The van der Waals surface area contributed by atoms with Crippen molar-refractivity contribution in [2.75, 3.05) is 20.1 Å². The summed E-state index contributed by atoms with van der Waals surface area (Å²) in [5, 5.41) is 19.7. The quantitative estimate of drug-likeness (QED) is 0.444. The number of pyridine rings is 1. The summed E-state index contributed by atoms with van der Waals surface area (Å²) in [5.74, 6) is -3.74. The molecule has 1 spiro atoms. The summed E-state index contributed by atoms with van der Waals surface area (Å²) >= 11 is 12.4. The number of carbonyl (C=O) groups is 4. The van der Waals surface area contributed by atoms with E-state index >= 15 is 0 Å². The minimum absolute atomic E-state index is 0.0121. The lowest BCUT2D eigenvalue weighted by Crippen LogP contribution is -2.61. The van der Waals surface area contributed by atoms with Gasteiger partial charge in [-0.2, -0.15) is 5.26 Å². The van der Waals surface area contributed by atoms with Gasteiger partial charge in [0.2, 0.25) is 5.91 Å². The largest absolute Gasteiger partial charge is 0.478 e. The molecule has 0 saturated carbocycles. The fourth-order valence-corrected chi connectivity index (χ4v) is 6.86. The molecule has 3 aromatic rings. The Hall–Kier alpha value is -4.26. The Labute approximate surface area is 245 Å². The van der Waals surface area contributed by atoms with E-state index in [2.05, 4.69) is 11.1 Å². The van der Waals surface area contributed by atoms with E-state index in [-0.39, 0.29) is 36.4 Å². The molecule has 3 atom stereocenters. The molecule has 2 amide bonds. The Morgan fingerprint density at radius 1 is 1.07 bits per heavy atom. The van der Waals surface area contributed by atoms with Crippen LogP contribution in [-0.4, -0.2) is 69.1 Å². The van der Waals surface area contributed by atoms with Gasteiger partial charge in [-0.15, -0.1) is 0 Å². The van der Waals surface area contributed by atoms with Gasteiger partial charge in [-0.25, -0.2) is 4.79 Å². The van der Waals surface area contributed by atoms with Gasteiger partial charge in [0, 0.05) is 41.4 Å². The smallest absolute Gasteiger partial charge is 0.338 e. The van der Waals surface area contributed by atoms with E-state index in [1.807, 2.05) is 6.92 Å². The van der Waals surface area contributed by atoms with E-state index in [0.717, 1.165) is 6.20 Å². The molecule has 11 heteroatoms. The van der Waals surface area contributed by atoms with Gasteiger partial charge in [0.05, 0.1) is 29.3 Å². The van der Waals surface area contributed by atoms with Crippen molar-refractivity contribution in [1.82, 2.24) is 14.8 Å². The number of Topliss-reactive ketones (excluding diaryl/α,β-unsaturated/α-hetero) is 1. The first-order valence-electron chi connectivity index (χ1n) is 12.7. The number of rotatable bonds is 5. The number of benzene rings is 2. The van der Waals surface area contributed by atoms with Crippen LogP contribution in [0.2, 0.25) is 10.0 Å². The number of nitrogens with zero attached hydrogens (tertiary/aromatic N) is 4. The number of halogens is 2. The fourth-order valence-electron chi connectivity index (χ4n) is 6.29. The monoisotopic (exact) mass is 590 g/mol. The molecule has 2 aromatic carbocycles. The van der Waals surface area contributed by atoms with Crippen LogP contribution in [0.5, 0.6) is 0 Å². The molecule has 2 aliphatic rings. The number of amides is 2. The van der Waals surface area contributed by atoms with Crippen LogP contribution in [-0.2, 0) is 21.4 Å². The van der Waals surface area contributed by atoms with Crippen molar-refractivity contribution < 1.29 is 24.3 Å². The first kappa shape index (κ1) is 28.3. The van der Waals surface area contributed by atoms with Gasteiger partial charge in [-0.05, 0) is 53.9 Å². The predicted molar refractivity (Wildman–Crippen MR) is 150 cm³/mol. The van der Waals surface area contributed by atoms with Crippen LogP contribution >= 0.6 is 23.2 Å². The maximum Gasteiger partial charge on any atom is 0.338 e. The minimum Gasteiger partial charge on any atom is -0.478 e. The average Bonchev–Trinajstić information content (AvgIpc) is 3.36. The van der Waals surface area contributed by atoms with Crippen LogP contribution in [0, 0.1) is 17.2 Å². The first-order chi connectivity index (χ1) is 19.4. The molecule has 9 nitrogen and oxygen atoms in total. The molecule has 0 radical (unpaired) electrons. The van der Waals surface area contributed by atoms with Crippen molar-refractivity contribution in [3.63, 3.8) is 0 Å². The molecule has 2 unspecified atom stereocenters. The molecule has 2 saturated heterocycles. The van der Waals surface area contributed by atoms with E-state index in [0.29, 0.717) is 26.7 Å². The number of carboxylic acids is 1. The van der Waals surface area contributed by atoms with Gasteiger partial charge in [0.15, 0.2) is 5.78 Å². The van der Waals surface area contributed by atoms with Crippen LogP contribution in [0.25, 0.3) is 0 Å². The second kappa shape index (κ2) is 10.3. The second-order valence-corrected chi connectivity index (χ2v) is 11.4. The van der Waals surface area contributed by atoms with E-state index in [1.54, 1.807) is 49.5 Å². The summed E-state index contributed by atoms with van der Waals surface area (Å²) in [4.78, 5) is 60.6. The van der Waals surface area contributed by atoms with Gasteiger partial charge in [0.1, 0.15) is 11.5 Å². The van der Waals surface area contributed by atoms with E-state index in [4.69, 9.17) is 23.2 Å². The molecule has 0 aliphatic carbocycles. The van der Waals surface area contributed by atoms with Gasteiger partial charge < -0.3 is 14.9 Å². The van der Waals surface area contributed by atoms with Crippen LogP contribution in [0.3, 0.4) is 0 Å². The van der Waals surface area contributed by atoms with Crippen molar-refractivity contribution in [3.05, 3.63) is 98.8 Å². The number of aromatic carboxylic acids is 1. The SMILES string of the molecule is CN1C(=O)C(Cc2cc(Cl)cc(Cl)c2)C(=O)[C@]12CN(C(=O)c1ccncc1C(=O)O)CC2(C)c1ccc(C#N)cc1. The number of ketones is 1. The highest BCUT2D eigenvalue weighted by Crippen LogP contribution is 2.51. The lowest BCUT2D eigenvalue weighted by Gasteiger charge is -2.43. The van der Waals surface area contributed by atoms with Crippen LogP contribution in [0.15, 0.2) is 60.9 Å². The van der Waals surface area contributed by atoms with Crippen molar-refractivity contribution in [3.8, 4) is 6.07 Å². The summed E-state index contributed by atoms with van der Waals surface area (Å²) in [6.45, 7) is 1.67. The number of hydrogen-bond donors (Lipinski definition) is 1. The lowest BCUT2D eigenvalue weighted by molar-refractivity contribution is -0.133. The molecule has 0 bridgehead atoms. The zero-order chi connectivity index (χ0) is 29.7. The Kier molecular flexibility index (Phi) is 7.10. The number of carbonyl (C=O) groups excluding carboxylic acids is 3. The number of nitriles is 1. The Balaban J connectivity index is 1.62. The zero-order valence-electron chi connectivity index (χ0n) is 22.1. The van der Waals surface area contributed by atoms with Crippen LogP contribution in [0.4, 0.5) is 0 Å². The lowest BCUT2D eigenvalue weighted by atomic mass is 9.65. The zero-order valence-corrected chi connectivity index (χ0v) is 23.6. The molecule has 1 aromatic heterocycles. The maximum absolute atomic E-state index is 14.5. The minimum atomic E-state index is -1.47. The van der Waals surface area contributed by atoms with Gasteiger partial charge in [-0.3, -0.25) is 19.4 Å². The van der Waals surface area contributed by atoms with Crippen molar-refractivity contribution in [2.24, 2.45) is 5.92 Å². The number of hydrogen-bond acceptors (Lipinski definition) is 6. The third-order valence-electron chi connectivity index (χ3n) is 8.35. The molecular formula is C30H24Cl2N4O5. The molecular weight excluding hydrogens is 567 g/mol. The third-order valence-corrected chi connectivity index (χ3v) is 8.78. The Morgan fingerprint density at radius 3 is 2.34 bits per heavy atom. The predicted octanol–water partition coefficient (Wildman–Crippen LogP) is 4.01. The van der Waals surface area contributed by atoms with Crippen molar-refractivity contribution >= 4 is 46.8 Å². The molecule has 41 heavy (non-hydrogen) atoms. The summed E-state index contributed by atoms with van der Waals surface area (Å²) in [6, 6.07) is 15.0. The standard InChI is InChI=1S/C30H24Cl2N4O5/c1-29(19-5-3-17(13-33)4-6-19)15-36(27(39)22-7-8-34-14-24(22)28(40)41)16-30(29)25(37)23(26(38)35(30)2)11-18-9-20(31)12-21(32)10-18/h3-10,12,14,23H,11,15-16H2,1-2H3,(H,40,41)/t23?,29?,30-/m0/s1. The van der Waals surface area contributed by atoms with Gasteiger partial charge in [0.25, 0.3) is 5.91 Å². The highest BCUT2D eigenvalue weighted by atomic mass is 35.5. The second-order valence-electron chi connectivity index (χ2n) is 10.6. The summed E-state index contributed by atoms with van der Waals surface area (Å²) < 4.78 is 0.